The van der Waals surface area contributed by atoms with E-state index in [-0.39, 0.29) is 93.9 Å². The maximum absolute atomic E-state index is 16.7. The topological polar surface area (TPSA) is 141 Å². The summed E-state index contributed by atoms with van der Waals surface area (Å²) in [5, 5.41) is 4.65. The number of nitrogens with one attached hydrogen (secondary N) is 1. The van der Waals surface area contributed by atoms with E-state index < -0.39 is 88.9 Å². The Bertz CT molecular complexity index is 2640. The number of hydrogen-bond acceptors (Lipinski definition) is 8. The molecule has 2 saturated carbocycles. The van der Waals surface area contributed by atoms with E-state index in [1.807, 2.05) is 0 Å². The number of alkyl halides is 5. The molecule has 3 aliphatic rings. The number of pyridine rings is 1. The molecule has 2 aromatic carbocycles. The molecule has 0 bridgehead atoms. The highest BCUT2D eigenvalue weighted by atomic mass is 35.5. The number of likely N-dealkylation sites (tertiary alicyclic amines) is 1. The highest BCUT2D eigenvalue weighted by molar-refractivity contribution is 7.92. The zero-order valence-electron chi connectivity index (χ0n) is 32.5. The van der Waals surface area contributed by atoms with Gasteiger partial charge in [-0.1, -0.05) is 11.6 Å². The number of hydrogen-bond donors (Lipinski definition) is 2. The summed E-state index contributed by atoms with van der Waals surface area (Å²) >= 11 is 6.78. The summed E-state index contributed by atoms with van der Waals surface area (Å²) in [7, 11) is -3.99. The summed E-state index contributed by atoms with van der Waals surface area (Å²) in [6, 6.07) is 5.06. The molecule has 4 heterocycles. The second kappa shape index (κ2) is 15.5. The first-order valence-corrected chi connectivity index (χ1v) is 21.9. The van der Waals surface area contributed by atoms with Gasteiger partial charge in [0.15, 0.2) is 17.1 Å². The second-order valence-corrected chi connectivity index (χ2v) is 18.7. The Morgan fingerprint density at radius 1 is 0.967 bits per heavy atom. The Morgan fingerprint density at radius 3 is 2.23 bits per heavy atom. The summed E-state index contributed by atoms with van der Waals surface area (Å²) in [4.78, 5) is 26.2. The van der Waals surface area contributed by atoms with Crippen LogP contribution in [0.3, 0.4) is 0 Å². The van der Waals surface area contributed by atoms with Crippen molar-refractivity contribution in [2.24, 2.45) is 5.73 Å². The zero-order chi connectivity index (χ0) is 43.1. The van der Waals surface area contributed by atoms with Gasteiger partial charge in [-0.15, -0.1) is 0 Å². The van der Waals surface area contributed by atoms with Crippen LogP contribution in [0.15, 0.2) is 41.2 Å². The van der Waals surface area contributed by atoms with Crippen molar-refractivity contribution >= 4 is 49.4 Å². The van der Waals surface area contributed by atoms with Crippen molar-refractivity contribution in [3.63, 3.8) is 0 Å². The first kappa shape index (κ1) is 42.4. The molecule has 11 nitrogen and oxygen atoms in total. The van der Waals surface area contributed by atoms with Crippen molar-refractivity contribution < 1.29 is 39.2 Å². The van der Waals surface area contributed by atoms with Gasteiger partial charge in [0.25, 0.3) is 5.56 Å². The maximum Gasteiger partial charge on any atom is 0.268 e. The lowest BCUT2D eigenvalue weighted by Crippen LogP contribution is -2.44. The van der Waals surface area contributed by atoms with Crippen molar-refractivity contribution in [2.45, 2.75) is 100 Å². The van der Waals surface area contributed by atoms with E-state index in [0.717, 1.165) is 23.0 Å². The van der Waals surface area contributed by atoms with Gasteiger partial charge in [0.2, 0.25) is 15.9 Å². The smallest absolute Gasteiger partial charge is 0.268 e. The van der Waals surface area contributed by atoms with Crippen LogP contribution >= 0.6 is 11.6 Å². The molecule has 0 unspecified atom stereocenters. The van der Waals surface area contributed by atoms with Crippen LogP contribution in [-0.2, 0) is 22.1 Å². The molecule has 322 valence electrons. The molecule has 60 heavy (non-hydrogen) atoms. The van der Waals surface area contributed by atoms with Crippen LogP contribution in [0, 0.1) is 11.6 Å². The van der Waals surface area contributed by atoms with Crippen LogP contribution in [0.25, 0.3) is 27.6 Å². The van der Waals surface area contributed by atoms with E-state index in [1.165, 1.54) is 22.9 Å². The molecule has 1 aliphatic heterocycles. The summed E-state index contributed by atoms with van der Waals surface area (Å²) in [6.45, 7) is 1.59. The molecule has 0 radical (unpaired) electrons. The molecule has 3 fully saturated rings. The summed E-state index contributed by atoms with van der Waals surface area (Å²) in [5.41, 5.74) is 4.12. The van der Waals surface area contributed by atoms with E-state index in [0.29, 0.717) is 24.5 Å². The molecule has 1 saturated heterocycles. The van der Waals surface area contributed by atoms with Crippen LogP contribution in [0.2, 0.25) is 5.02 Å². The first-order valence-electron chi connectivity index (χ1n) is 19.6. The number of nitrogens with zero attached hydrogens (tertiary/aromatic N) is 6. The average Bonchev–Trinajstić information content (AvgIpc) is 3.92. The SMILES string of the molecule is C[C@H](CN1C[C@H](F)C[C@H](F)C1)n1nc(NS(C)(=O)=O)c2c(Cl)ccc(-n3c([C@@H](N)Cc4cc(F)cc(F)c4)nc4nc(C5(F)CCC(F)(F)CC5)cc(C5CC5)c4c3=O)c21. The minimum atomic E-state index is -3.99. The number of sulfonamides is 1. The Kier molecular flexibility index (Phi) is 11.0. The van der Waals surface area contributed by atoms with Crippen LogP contribution in [0.4, 0.5) is 36.6 Å². The lowest BCUT2D eigenvalue weighted by Gasteiger charge is -2.33. The first-order chi connectivity index (χ1) is 28.2. The summed E-state index contributed by atoms with van der Waals surface area (Å²) in [5.74, 6) is -5.45. The molecule has 3 N–H and O–H groups in total. The largest absolute Gasteiger partial charge is 0.321 e. The summed E-state index contributed by atoms with van der Waals surface area (Å²) < 4.78 is 133. The third-order valence-corrected chi connectivity index (χ3v) is 12.4. The molecule has 4 atom stereocenters. The van der Waals surface area contributed by atoms with Gasteiger partial charge in [0, 0.05) is 45.0 Å². The average molecular weight is 883 g/mol. The highest BCUT2D eigenvalue weighted by Crippen LogP contribution is 2.49. The molecule has 8 rings (SSSR count). The predicted molar refractivity (Wildman–Crippen MR) is 213 cm³/mol. The Balaban J connectivity index is 1.38. The minimum absolute atomic E-state index is 0.00766. The fourth-order valence-corrected chi connectivity index (χ4v) is 9.36. The molecular formula is C40H42ClF7N8O3S. The van der Waals surface area contributed by atoms with Gasteiger partial charge >= 0.3 is 0 Å². The van der Waals surface area contributed by atoms with Crippen LogP contribution in [-0.4, -0.2) is 81.8 Å². The van der Waals surface area contributed by atoms with Gasteiger partial charge in [0.1, 0.15) is 29.8 Å². The summed E-state index contributed by atoms with van der Waals surface area (Å²) in [6.07, 6.45) is -3.64. The fourth-order valence-electron chi connectivity index (χ4n) is 8.62. The number of piperidine rings is 1. The lowest BCUT2D eigenvalue weighted by molar-refractivity contribution is -0.0784. The van der Waals surface area contributed by atoms with Gasteiger partial charge in [-0.3, -0.25) is 23.7 Å². The van der Waals surface area contributed by atoms with Gasteiger partial charge in [-0.05, 0) is 86.4 Å². The predicted octanol–water partition coefficient (Wildman–Crippen LogP) is 7.87. The van der Waals surface area contributed by atoms with Gasteiger partial charge < -0.3 is 5.73 Å². The Morgan fingerprint density at radius 2 is 1.62 bits per heavy atom. The van der Waals surface area contributed by atoms with Crippen molar-refractivity contribution in [3.8, 4) is 5.69 Å². The lowest BCUT2D eigenvalue weighted by atomic mass is 9.81. The number of anilines is 1. The van der Waals surface area contributed by atoms with Gasteiger partial charge in [0.05, 0.1) is 51.0 Å². The van der Waals surface area contributed by atoms with Crippen LogP contribution in [0.5, 0.6) is 0 Å². The maximum atomic E-state index is 16.7. The van der Waals surface area contributed by atoms with E-state index in [1.54, 1.807) is 11.8 Å². The molecule has 20 heteroatoms. The van der Waals surface area contributed by atoms with Crippen molar-refractivity contribution in [2.75, 3.05) is 30.6 Å². The zero-order valence-corrected chi connectivity index (χ0v) is 34.1. The van der Waals surface area contributed by atoms with Gasteiger partial charge in [-0.2, -0.15) is 5.10 Å². The van der Waals surface area contributed by atoms with E-state index in [9.17, 15) is 34.8 Å². The number of fused-ring (bicyclic) bond motifs is 2. The number of aromatic nitrogens is 5. The minimum Gasteiger partial charge on any atom is -0.321 e. The van der Waals surface area contributed by atoms with E-state index in [4.69, 9.17) is 22.3 Å². The quantitative estimate of drug-likeness (QED) is 0.128. The standard InChI is InChI=1S/C40H42ClF7N8O3S/c1-20(17-54-18-25(44)15-26(45)19-54)56-34-30(6-5-28(41)33(34)36(52-56)53-60(2,58)59)55-37(29(49)13-21-11-23(42)14-24(43)12-21)51-35-32(38(55)57)27(22-3-4-22)16-31(50-35)39(46)7-9-40(47,48)10-8-39/h5-6,11-12,14,16,20,22,25-26,29H,3-4,7-10,13,15,17-19,49H2,1-2H3,(H,52,53)/t20-,25-,26+,29+/m1/s1. The number of halogens is 8. The molecule has 0 spiro atoms. The third-order valence-electron chi connectivity index (χ3n) is 11.5. The second-order valence-electron chi connectivity index (χ2n) is 16.5. The fraction of sp³-hybridized carbons (Fsp3) is 0.500. The Labute approximate surface area is 345 Å². The highest BCUT2D eigenvalue weighted by Gasteiger charge is 2.46. The van der Waals surface area contributed by atoms with E-state index >= 15 is 9.18 Å². The monoisotopic (exact) mass is 882 g/mol. The van der Waals surface area contributed by atoms with Crippen LogP contribution < -0.4 is 16.0 Å². The molecular weight excluding hydrogens is 841 g/mol. The van der Waals surface area contributed by atoms with Crippen LogP contribution in [0.1, 0.15) is 92.5 Å². The molecule has 2 aliphatic carbocycles. The van der Waals surface area contributed by atoms with Crippen molar-refractivity contribution in [1.82, 2.24) is 29.2 Å². The van der Waals surface area contributed by atoms with Crippen molar-refractivity contribution in [3.05, 3.63) is 86.1 Å². The van der Waals surface area contributed by atoms with Crippen molar-refractivity contribution in [1.29, 1.82) is 0 Å². The molecule has 0 amide bonds. The Hall–Kier alpha value is -4.33. The number of nitrogens with two attached hydrogens (primary N) is 1. The number of benzene rings is 2. The van der Waals surface area contributed by atoms with E-state index in [2.05, 4.69) is 14.8 Å². The third kappa shape index (κ3) is 8.46. The normalized spacial score (nSPS) is 22.0. The molecule has 5 aromatic rings. The molecule has 3 aromatic heterocycles. The number of rotatable bonds is 11. The van der Waals surface area contributed by atoms with Gasteiger partial charge in [-0.25, -0.2) is 49.1 Å².